The molecule has 0 bridgehead atoms. The summed E-state index contributed by atoms with van der Waals surface area (Å²) in [6.07, 6.45) is 0.805. The number of nitrogens with one attached hydrogen (secondary N) is 1. The number of nitrogens with zero attached hydrogens (tertiary/aromatic N) is 1. The van der Waals surface area contributed by atoms with Gasteiger partial charge < -0.3 is 11.1 Å². The van der Waals surface area contributed by atoms with E-state index in [1.165, 1.54) is 7.05 Å². The summed E-state index contributed by atoms with van der Waals surface area (Å²) in [5.41, 5.74) is 6.92. The molecular weight excluding hydrogens is 290 g/mol. The quantitative estimate of drug-likeness (QED) is 0.771. The zero-order valence-corrected chi connectivity index (χ0v) is 13.5. The largest absolute Gasteiger partial charge is 0.355 e. The molecule has 21 heavy (non-hydrogen) atoms. The second-order valence-electron chi connectivity index (χ2n) is 4.92. The highest BCUT2D eigenvalue weighted by Crippen LogP contribution is 2.20. The molecule has 0 fully saturated rings. The lowest BCUT2D eigenvalue weighted by atomic mass is 10.1. The number of likely N-dealkylation sites (N-methyl/N-ethyl adjacent to an activating group) is 1. The minimum Gasteiger partial charge on any atom is -0.355 e. The third kappa shape index (κ3) is 4.52. The van der Waals surface area contributed by atoms with Crippen LogP contribution < -0.4 is 11.1 Å². The third-order valence-corrected chi connectivity index (χ3v) is 5.06. The van der Waals surface area contributed by atoms with Crippen LogP contribution in [0.2, 0.25) is 0 Å². The number of hydrogen-bond donors (Lipinski definition) is 2. The van der Waals surface area contributed by atoms with E-state index in [-0.39, 0.29) is 23.9 Å². The van der Waals surface area contributed by atoms with Crippen LogP contribution in [0.15, 0.2) is 23.1 Å². The standard InChI is InChI=1S/C14H23N3O3S/c1-4-7-16-14(18)10-17(3)21(19,20)13-8-12(9-15)6-5-11(13)2/h5-6,8H,4,7,9-10,15H2,1-3H3,(H,16,18). The van der Waals surface area contributed by atoms with Crippen molar-refractivity contribution >= 4 is 15.9 Å². The summed E-state index contributed by atoms with van der Waals surface area (Å²) in [5, 5.41) is 2.66. The summed E-state index contributed by atoms with van der Waals surface area (Å²) in [5.74, 6) is -0.310. The first kappa shape index (κ1) is 17.6. The fourth-order valence-corrected chi connectivity index (χ4v) is 3.22. The van der Waals surface area contributed by atoms with Crippen LogP contribution >= 0.6 is 0 Å². The molecule has 0 aromatic heterocycles. The molecule has 0 atom stereocenters. The van der Waals surface area contributed by atoms with Gasteiger partial charge in [-0.1, -0.05) is 19.1 Å². The molecule has 6 nitrogen and oxygen atoms in total. The van der Waals surface area contributed by atoms with Crippen LogP contribution in [0.5, 0.6) is 0 Å². The summed E-state index contributed by atoms with van der Waals surface area (Å²) in [4.78, 5) is 11.9. The number of carbonyl (C=O) groups excluding carboxylic acids is 1. The van der Waals surface area contributed by atoms with Crippen molar-refractivity contribution in [2.75, 3.05) is 20.1 Å². The molecule has 1 rings (SSSR count). The molecular formula is C14H23N3O3S. The molecule has 0 saturated heterocycles. The van der Waals surface area contributed by atoms with E-state index < -0.39 is 10.0 Å². The van der Waals surface area contributed by atoms with Gasteiger partial charge in [-0.3, -0.25) is 4.79 Å². The van der Waals surface area contributed by atoms with E-state index >= 15 is 0 Å². The molecule has 0 aliphatic heterocycles. The number of aryl methyl sites for hydroxylation is 1. The number of amides is 1. The van der Waals surface area contributed by atoms with Gasteiger partial charge in [-0.25, -0.2) is 8.42 Å². The average Bonchev–Trinajstić information content (AvgIpc) is 2.45. The molecule has 1 aromatic carbocycles. The van der Waals surface area contributed by atoms with Crippen molar-refractivity contribution in [2.45, 2.75) is 31.7 Å². The lowest BCUT2D eigenvalue weighted by molar-refractivity contribution is -0.121. The number of carbonyl (C=O) groups is 1. The van der Waals surface area contributed by atoms with Crippen molar-refractivity contribution < 1.29 is 13.2 Å². The topological polar surface area (TPSA) is 92.5 Å². The molecule has 0 heterocycles. The Morgan fingerprint density at radius 3 is 2.62 bits per heavy atom. The zero-order valence-electron chi connectivity index (χ0n) is 12.7. The molecule has 7 heteroatoms. The molecule has 3 N–H and O–H groups in total. The van der Waals surface area contributed by atoms with Crippen molar-refractivity contribution in [1.82, 2.24) is 9.62 Å². The van der Waals surface area contributed by atoms with Crippen LogP contribution in [0.4, 0.5) is 0 Å². The minimum atomic E-state index is -3.71. The van der Waals surface area contributed by atoms with E-state index in [9.17, 15) is 13.2 Å². The lowest BCUT2D eigenvalue weighted by Gasteiger charge is -2.18. The summed E-state index contributed by atoms with van der Waals surface area (Å²) in [6.45, 7) is 4.26. The molecule has 0 aliphatic rings. The molecule has 0 spiro atoms. The zero-order chi connectivity index (χ0) is 16.0. The Kier molecular flexibility index (Phi) is 6.32. The van der Waals surface area contributed by atoms with Gasteiger partial charge in [-0.15, -0.1) is 0 Å². The fourth-order valence-electron chi connectivity index (χ4n) is 1.82. The van der Waals surface area contributed by atoms with Gasteiger partial charge >= 0.3 is 0 Å². The summed E-state index contributed by atoms with van der Waals surface area (Å²) in [7, 11) is -2.31. The van der Waals surface area contributed by atoms with Crippen molar-refractivity contribution in [3.63, 3.8) is 0 Å². The number of hydrogen-bond acceptors (Lipinski definition) is 4. The molecule has 0 saturated carbocycles. The predicted octanol–water partition coefficient (Wildman–Crippen LogP) is 0.600. The first-order chi connectivity index (χ1) is 9.82. The van der Waals surface area contributed by atoms with Gasteiger partial charge in [-0.05, 0) is 30.5 Å². The first-order valence-corrected chi connectivity index (χ1v) is 8.29. The second kappa shape index (κ2) is 7.53. The molecule has 118 valence electrons. The Hall–Kier alpha value is -1.44. The SMILES string of the molecule is CCCNC(=O)CN(C)S(=O)(=O)c1cc(CN)ccc1C. The number of benzene rings is 1. The Morgan fingerprint density at radius 2 is 2.05 bits per heavy atom. The van der Waals surface area contributed by atoms with E-state index in [1.807, 2.05) is 6.92 Å². The van der Waals surface area contributed by atoms with Crippen molar-refractivity contribution in [3.8, 4) is 0 Å². The summed E-state index contributed by atoms with van der Waals surface area (Å²) >= 11 is 0. The molecule has 0 aliphatic carbocycles. The van der Waals surface area contributed by atoms with Crippen LogP contribution in [0.25, 0.3) is 0 Å². The first-order valence-electron chi connectivity index (χ1n) is 6.85. The monoisotopic (exact) mass is 313 g/mol. The molecule has 1 amide bonds. The number of sulfonamides is 1. The van der Waals surface area contributed by atoms with Crippen molar-refractivity contribution in [2.24, 2.45) is 5.73 Å². The van der Waals surface area contributed by atoms with E-state index in [2.05, 4.69) is 5.32 Å². The highest BCUT2D eigenvalue weighted by Gasteiger charge is 2.24. The van der Waals surface area contributed by atoms with Gasteiger partial charge in [-0.2, -0.15) is 4.31 Å². The van der Waals surface area contributed by atoms with Crippen molar-refractivity contribution in [1.29, 1.82) is 0 Å². The van der Waals surface area contributed by atoms with Crippen molar-refractivity contribution in [3.05, 3.63) is 29.3 Å². The summed E-state index contributed by atoms with van der Waals surface area (Å²) in [6, 6.07) is 5.08. The highest BCUT2D eigenvalue weighted by molar-refractivity contribution is 7.89. The van der Waals surface area contributed by atoms with Gasteiger partial charge in [0.1, 0.15) is 0 Å². The third-order valence-electron chi connectivity index (χ3n) is 3.11. The van der Waals surface area contributed by atoms with Gasteiger partial charge in [0.25, 0.3) is 0 Å². The maximum Gasteiger partial charge on any atom is 0.243 e. The van der Waals surface area contributed by atoms with E-state index in [0.717, 1.165) is 16.3 Å². The summed E-state index contributed by atoms with van der Waals surface area (Å²) < 4.78 is 26.1. The Labute approximate surface area is 126 Å². The number of rotatable bonds is 7. The molecule has 0 radical (unpaired) electrons. The van der Waals surface area contributed by atoms with Gasteiger partial charge in [0.15, 0.2) is 0 Å². The van der Waals surface area contributed by atoms with Crippen LogP contribution in [-0.4, -0.2) is 38.8 Å². The average molecular weight is 313 g/mol. The Bertz CT molecular complexity index is 599. The smallest absolute Gasteiger partial charge is 0.243 e. The maximum absolute atomic E-state index is 12.5. The normalized spacial score (nSPS) is 11.7. The molecule has 1 aromatic rings. The van der Waals surface area contributed by atoms with Gasteiger partial charge in [0.05, 0.1) is 11.4 Å². The van der Waals surface area contributed by atoms with Crippen LogP contribution in [0.3, 0.4) is 0 Å². The fraction of sp³-hybridized carbons (Fsp3) is 0.500. The Morgan fingerprint density at radius 1 is 1.38 bits per heavy atom. The van der Waals surface area contributed by atoms with Crippen LogP contribution in [0, 0.1) is 6.92 Å². The molecule has 0 unspecified atom stereocenters. The maximum atomic E-state index is 12.5. The number of nitrogens with two attached hydrogens (primary N) is 1. The van der Waals surface area contributed by atoms with Gasteiger partial charge in [0.2, 0.25) is 15.9 Å². The van der Waals surface area contributed by atoms with Gasteiger partial charge in [0, 0.05) is 20.1 Å². The minimum absolute atomic E-state index is 0.191. The predicted molar refractivity (Wildman–Crippen MR) is 82.2 cm³/mol. The van der Waals surface area contributed by atoms with E-state index in [1.54, 1.807) is 25.1 Å². The second-order valence-corrected chi connectivity index (χ2v) is 6.93. The van der Waals surface area contributed by atoms with Crippen LogP contribution in [0.1, 0.15) is 24.5 Å². The van der Waals surface area contributed by atoms with E-state index in [0.29, 0.717) is 12.1 Å². The highest BCUT2D eigenvalue weighted by atomic mass is 32.2. The van der Waals surface area contributed by atoms with E-state index in [4.69, 9.17) is 5.73 Å². The van der Waals surface area contributed by atoms with Crippen LogP contribution in [-0.2, 0) is 21.4 Å². The Balaban J connectivity index is 2.97. The lowest BCUT2D eigenvalue weighted by Crippen LogP contribution is -2.38.